The van der Waals surface area contributed by atoms with Crippen molar-refractivity contribution in [3.05, 3.63) is 16.8 Å². The zero-order valence-corrected chi connectivity index (χ0v) is 17.3. The van der Waals surface area contributed by atoms with Crippen molar-refractivity contribution < 1.29 is 27.2 Å². The Morgan fingerprint density at radius 1 is 1.25 bits per heavy atom. The Morgan fingerprint density at radius 2 is 1.85 bits per heavy atom. The maximum Gasteiger partial charge on any atom is 0.302 e. The second-order valence-corrected chi connectivity index (χ2v) is 8.17. The molecule has 0 N–H and O–H groups in total. The molecule has 0 radical (unpaired) electrons. The maximum atomic E-state index is 11.3. The summed E-state index contributed by atoms with van der Waals surface area (Å²) in [5.41, 5.74) is 0. The molecule has 0 amide bonds. The highest BCUT2D eigenvalue weighted by molar-refractivity contribution is 14.1. The molecule has 0 unspecified atom stereocenters. The fourth-order valence-corrected chi connectivity index (χ4v) is 7.16. The molecular weight excluding hydrogens is 629 g/mol. The van der Waals surface area contributed by atoms with E-state index < -0.39 is 16.1 Å². The zero-order chi connectivity index (χ0) is 15.5. The highest BCUT2D eigenvalue weighted by Crippen LogP contribution is 2.35. The SMILES string of the molecule is CC(=O)OCCOc1c(I)cc(I)c(S(=O)(=O)[O-])c1I. The molecule has 10 heteroatoms. The van der Waals surface area contributed by atoms with Crippen molar-refractivity contribution in [3.8, 4) is 5.75 Å². The number of esters is 1. The van der Waals surface area contributed by atoms with E-state index in [1.54, 1.807) is 51.2 Å². The lowest BCUT2D eigenvalue weighted by atomic mass is 10.3. The number of benzene rings is 1. The van der Waals surface area contributed by atoms with Crippen molar-refractivity contribution in [3.63, 3.8) is 0 Å². The van der Waals surface area contributed by atoms with E-state index in [1.165, 1.54) is 6.92 Å². The van der Waals surface area contributed by atoms with Gasteiger partial charge in [-0.2, -0.15) is 0 Å². The standard InChI is InChI=1S/C10H9I3O6S/c1-5(14)18-2-3-19-9-6(11)4-7(12)10(8(9)13)20(15,16)17/h4H,2-3H2,1H3,(H,15,16,17)/p-1. The van der Waals surface area contributed by atoms with Gasteiger partial charge in [-0.05, 0) is 73.8 Å². The van der Waals surface area contributed by atoms with E-state index in [9.17, 15) is 17.8 Å². The molecule has 20 heavy (non-hydrogen) atoms. The van der Waals surface area contributed by atoms with Gasteiger partial charge in [0.15, 0.2) is 0 Å². The van der Waals surface area contributed by atoms with Crippen molar-refractivity contribution in [1.29, 1.82) is 0 Å². The lowest BCUT2D eigenvalue weighted by Crippen LogP contribution is -2.13. The molecule has 6 nitrogen and oxygen atoms in total. The van der Waals surface area contributed by atoms with Crippen LogP contribution in [0.5, 0.6) is 5.75 Å². The highest BCUT2D eigenvalue weighted by atomic mass is 127. The van der Waals surface area contributed by atoms with Crippen molar-refractivity contribution >= 4 is 83.9 Å². The third-order valence-electron chi connectivity index (χ3n) is 1.97. The minimum atomic E-state index is -4.58. The quantitative estimate of drug-likeness (QED) is 0.213. The molecule has 0 aliphatic carbocycles. The number of carbonyl (C=O) groups is 1. The monoisotopic (exact) mass is 637 g/mol. The molecule has 0 fully saturated rings. The Morgan fingerprint density at radius 3 is 2.35 bits per heavy atom. The molecule has 0 saturated carbocycles. The molecule has 0 aliphatic heterocycles. The minimum Gasteiger partial charge on any atom is -0.744 e. The number of halogens is 3. The summed E-state index contributed by atoms with van der Waals surface area (Å²) >= 11 is 5.54. The number of ether oxygens (including phenoxy) is 2. The molecular formula is C10H8I3O6S-. The Bertz CT molecular complexity index is 628. The molecule has 0 aliphatic rings. The van der Waals surface area contributed by atoms with E-state index in [0.717, 1.165) is 0 Å². The highest BCUT2D eigenvalue weighted by Gasteiger charge is 2.19. The molecule has 0 heterocycles. The van der Waals surface area contributed by atoms with E-state index in [0.29, 0.717) is 12.9 Å². The molecule has 0 bridgehead atoms. The van der Waals surface area contributed by atoms with Crippen molar-refractivity contribution in [2.75, 3.05) is 13.2 Å². The van der Waals surface area contributed by atoms with Gasteiger partial charge in [-0.3, -0.25) is 4.79 Å². The summed E-state index contributed by atoms with van der Waals surface area (Å²) in [6, 6.07) is 1.55. The Labute approximate surface area is 157 Å². The molecule has 0 aromatic heterocycles. The van der Waals surface area contributed by atoms with Gasteiger partial charge in [-0.25, -0.2) is 8.42 Å². The minimum absolute atomic E-state index is 0.0485. The summed E-state index contributed by atoms with van der Waals surface area (Å²) in [4.78, 5) is 10.3. The van der Waals surface area contributed by atoms with Gasteiger partial charge in [-0.1, -0.05) is 0 Å². The molecule has 1 aromatic carbocycles. The Hall–Kier alpha value is 0.590. The molecule has 0 spiro atoms. The number of hydrogen-bond donors (Lipinski definition) is 0. The molecule has 112 valence electrons. The number of hydrogen-bond acceptors (Lipinski definition) is 6. The second kappa shape index (κ2) is 7.73. The smallest absolute Gasteiger partial charge is 0.302 e. The van der Waals surface area contributed by atoms with E-state index >= 15 is 0 Å². The summed E-state index contributed by atoms with van der Waals surface area (Å²) in [6.45, 7) is 1.40. The maximum absolute atomic E-state index is 11.3. The second-order valence-electron chi connectivity index (χ2n) is 3.46. The Balaban J connectivity index is 3.06. The first-order chi connectivity index (χ1) is 9.14. The van der Waals surface area contributed by atoms with E-state index in [4.69, 9.17) is 9.47 Å². The van der Waals surface area contributed by atoms with Crippen LogP contribution in [0.1, 0.15) is 6.92 Å². The lowest BCUT2D eigenvalue weighted by molar-refractivity contribution is -0.141. The lowest BCUT2D eigenvalue weighted by Gasteiger charge is -2.17. The number of carbonyl (C=O) groups excluding carboxylic acids is 1. The summed E-state index contributed by atoms with van der Waals surface area (Å²) in [7, 11) is -4.58. The van der Waals surface area contributed by atoms with Gasteiger partial charge in [0.1, 0.15) is 29.1 Å². The fraction of sp³-hybridized carbons (Fsp3) is 0.300. The van der Waals surface area contributed by atoms with Crippen LogP contribution in [0.2, 0.25) is 0 Å². The predicted molar refractivity (Wildman–Crippen MR) is 94.7 cm³/mol. The van der Waals surface area contributed by atoms with Crippen molar-refractivity contribution in [1.82, 2.24) is 0 Å². The molecule has 0 saturated heterocycles. The van der Waals surface area contributed by atoms with Gasteiger partial charge in [0.2, 0.25) is 0 Å². The van der Waals surface area contributed by atoms with Gasteiger partial charge in [0, 0.05) is 10.5 Å². The van der Waals surface area contributed by atoms with Crippen LogP contribution in [0, 0.1) is 10.7 Å². The van der Waals surface area contributed by atoms with E-state index in [2.05, 4.69) is 0 Å². The van der Waals surface area contributed by atoms with Gasteiger partial charge >= 0.3 is 5.97 Å². The van der Waals surface area contributed by atoms with Crippen LogP contribution in [-0.2, 0) is 19.6 Å². The van der Waals surface area contributed by atoms with Gasteiger partial charge in [0.25, 0.3) is 0 Å². The average Bonchev–Trinajstić information content (AvgIpc) is 2.24. The third kappa shape index (κ3) is 5.10. The van der Waals surface area contributed by atoms with Gasteiger partial charge in [0.05, 0.1) is 12.0 Å². The molecule has 0 atom stereocenters. The van der Waals surface area contributed by atoms with Crippen LogP contribution in [0.25, 0.3) is 0 Å². The Kier molecular flexibility index (Phi) is 7.21. The third-order valence-corrected chi connectivity index (χ3v) is 6.31. The van der Waals surface area contributed by atoms with Gasteiger partial charge < -0.3 is 14.0 Å². The van der Waals surface area contributed by atoms with Crippen molar-refractivity contribution in [2.45, 2.75) is 11.8 Å². The zero-order valence-electron chi connectivity index (χ0n) is 9.98. The first-order valence-electron chi connectivity index (χ1n) is 5.04. The van der Waals surface area contributed by atoms with E-state index in [1.807, 2.05) is 22.6 Å². The van der Waals surface area contributed by atoms with Crippen molar-refractivity contribution in [2.24, 2.45) is 0 Å². The summed E-state index contributed by atoms with van der Waals surface area (Å²) in [5, 5.41) is 0. The topological polar surface area (TPSA) is 92.7 Å². The fourth-order valence-electron chi connectivity index (χ4n) is 1.25. The van der Waals surface area contributed by atoms with Crippen LogP contribution in [-0.4, -0.2) is 32.2 Å². The first-order valence-corrected chi connectivity index (χ1v) is 9.68. The first kappa shape index (κ1) is 18.6. The average molecular weight is 637 g/mol. The van der Waals surface area contributed by atoms with Crippen LogP contribution in [0.3, 0.4) is 0 Å². The summed E-state index contributed by atoms with van der Waals surface area (Å²) in [5.74, 6) is -0.128. The van der Waals surface area contributed by atoms with Crippen LogP contribution in [0.15, 0.2) is 11.0 Å². The summed E-state index contributed by atoms with van der Waals surface area (Å²) in [6.07, 6.45) is 0. The summed E-state index contributed by atoms with van der Waals surface area (Å²) < 4.78 is 45.2. The normalized spacial score (nSPS) is 11.2. The van der Waals surface area contributed by atoms with Gasteiger partial charge in [-0.15, -0.1) is 0 Å². The largest absolute Gasteiger partial charge is 0.744 e. The van der Waals surface area contributed by atoms with Crippen LogP contribution in [0.4, 0.5) is 0 Å². The number of rotatable bonds is 5. The molecule has 1 aromatic rings. The molecule has 1 rings (SSSR count). The van der Waals surface area contributed by atoms with E-state index in [-0.39, 0.29) is 21.7 Å². The predicted octanol–water partition coefficient (Wildman–Crippen LogP) is 2.35. The van der Waals surface area contributed by atoms with Crippen LogP contribution < -0.4 is 4.74 Å². The van der Waals surface area contributed by atoms with Crippen LogP contribution >= 0.6 is 67.8 Å².